The quantitative estimate of drug-likeness (QED) is 0.531. The molecule has 6 atom stereocenters. The molecule has 4 aliphatic rings. The molecule has 4 rings (SSSR count). The van der Waals surface area contributed by atoms with E-state index in [1.807, 2.05) is 0 Å². The van der Waals surface area contributed by atoms with Gasteiger partial charge in [-0.25, -0.2) is 0 Å². The van der Waals surface area contributed by atoms with Gasteiger partial charge in [0.05, 0.1) is 0 Å². The Morgan fingerprint density at radius 3 is 2.67 bits per heavy atom. The van der Waals surface area contributed by atoms with E-state index in [-0.39, 0.29) is 0 Å². The molecule has 0 aromatic rings. The molecule has 0 aromatic carbocycles. The van der Waals surface area contributed by atoms with Gasteiger partial charge in [0.15, 0.2) is 0 Å². The summed E-state index contributed by atoms with van der Waals surface area (Å²) < 4.78 is 0. The lowest BCUT2D eigenvalue weighted by Crippen LogP contribution is -2.23. The fraction of sp³-hybridized carbons (Fsp3) is 0.909. The summed E-state index contributed by atoms with van der Waals surface area (Å²) >= 11 is 0. The number of hydrogen-bond donors (Lipinski definition) is 0. The molecule has 0 saturated heterocycles. The van der Waals surface area contributed by atoms with Crippen molar-refractivity contribution in [1.29, 1.82) is 0 Å². The Hall–Kier alpha value is -0.330. The molecule has 0 heterocycles. The molecule has 0 spiro atoms. The molecule has 0 amide bonds. The number of carbonyl (C=O) groups is 1. The summed E-state index contributed by atoms with van der Waals surface area (Å²) in [6.07, 6.45) is 5.24. The van der Waals surface area contributed by atoms with Gasteiger partial charge in [0.2, 0.25) is 0 Å². The van der Waals surface area contributed by atoms with Crippen LogP contribution in [0.15, 0.2) is 0 Å². The zero-order valence-corrected chi connectivity index (χ0v) is 7.20. The van der Waals surface area contributed by atoms with Gasteiger partial charge in [0.1, 0.15) is 5.78 Å². The summed E-state index contributed by atoms with van der Waals surface area (Å²) in [6, 6.07) is 0. The monoisotopic (exact) mass is 162 g/mol. The van der Waals surface area contributed by atoms with Crippen LogP contribution in [-0.4, -0.2) is 5.78 Å². The number of rotatable bonds is 0. The van der Waals surface area contributed by atoms with Crippen LogP contribution in [0.4, 0.5) is 0 Å². The molecule has 0 aliphatic heterocycles. The molecule has 1 nitrogen and oxygen atoms in total. The van der Waals surface area contributed by atoms with Crippen LogP contribution in [0.25, 0.3) is 0 Å². The third-order valence-electron chi connectivity index (χ3n) is 5.31. The Kier molecular flexibility index (Phi) is 0.843. The smallest absolute Gasteiger partial charge is 0.136 e. The molecule has 4 aliphatic carbocycles. The highest BCUT2D eigenvalue weighted by molar-refractivity contribution is 5.85. The van der Waals surface area contributed by atoms with E-state index in [2.05, 4.69) is 0 Å². The second kappa shape index (κ2) is 1.64. The highest BCUT2D eigenvalue weighted by Gasteiger charge is 2.66. The summed E-state index contributed by atoms with van der Waals surface area (Å²) in [6.45, 7) is 0. The van der Waals surface area contributed by atoms with E-state index in [0.717, 1.165) is 36.0 Å². The van der Waals surface area contributed by atoms with Crippen LogP contribution in [-0.2, 0) is 4.79 Å². The Morgan fingerprint density at radius 2 is 1.75 bits per heavy atom. The van der Waals surface area contributed by atoms with Gasteiger partial charge in [-0.05, 0) is 48.9 Å². The van der Waals surface area contributed by atoms with Gasteiger partial charge in [0.25, 0.3) is 0 Å². The van der Waals surface area contributed by atoms with Crippen LogP contribution in [0.5, 0.6) is 0 Å². The number of ketones is 1. The standard InChI is InChI=1S/C11H14O/c12-10-4-8-5-1-2-6-7(5)3-9(8)11(6)10/h5-9,11H,1-4H2. The minimum atomic E-state index is 0.554. The van der Waals surface area contributed by atoms with Crippen LogP contribution >= 0.6 is 0 Å². The van der Waals surface area contributed by atoms with Crippen molar-refractivity contribution in [2.45, 2.75) is 25.7 Å². The topological polar surface area (TPSA) is 17.1 Å². The molecule has 0 N–H and O–H groups in total. The zero-order chi connectivity index (χ0) is 7.87. The highest BCUT2D eigenvalue weighted by atomic mass is 16.1. The molecule has 0 radical (unpaired) electrons. The maximum atomic E-state index is 11.7. The van der Waals surface area contributed by atoms with Gasteiger partial charge < -0.3 is 0 Å². The Morgan fingerprint density at radius 1 is 0.917 bits per heavy atom. The summed E-state index contributed by atoms with van der Waals surface area (Å²) in [5.41, 5.74) is 0. The van der Waals surface area contributed by atoms with E-state index in [4.69, 9.17) is 0 Å². The third-order valence-corrected chi connectivity index (χ3v) is 5.31. The van der Waals surface area contributed by atoms with Crippen molar-refractivity contribution >= 4 is 5.78 Å². The molecule has 0 aromatic heterocycles. The first-order valence-corrected chi connectivity index (χ1v) is 5.39. The molecule has 4 fully saturated rings. The van der Waals surface area contributed by atoms with Crippen molar-refractivity contribution in [1.82, 2.24) is 0 Å². The van der Waals surface area contributed by atoms with E-state index in [9.17, 15) is 4.79 Å². The molecule has 4 saturated carbocycles. The largest absolute Gasteiger partial charge is 0.299 e. The Bertz CT molecular complexity index is 266. The first kappa shape index (κ1) is 6.17. The van der Waals surface area contributed by atoms with Crippen LogP contribution in [0.3, 0.4) is 0 Å². The fourth-order valence-electron chi connectivity index (χ4n) is 5.14. The lowest BCUT2D eigenvalue weighted by atomic mass is 9.80. The van der Waals surface area contributed by atoms with Crippen molar-refractivity contribution in [3.63, 3.8) is 0 Å². The summed E-state index contributed by atoms with van der Waals surface area (Å²) in [4.78, 5) is 11.7. The zero-order valence-electron chi connectivity index (χ0n) is 7.20. The molecule has 64 valence electrons. The van der Waals surface area contributed by atoms with Gasteiger partial charge in [0, 0.05) is 12.3 Å². The molecule has 6 unspecified atom stereocenters. The molecule has 12 heavy (non-hydrogen) atoms. The van der Waals surface area contributed by atoms with Crippen molar-refractivity contribution in [2.75, 3.05) is 0 Å². The molecule has 1 heteroatoms. The molecular formula is C11H14O. The van der Waals surface area contributed by atoms with Crippen molar-refractivity contribution in [3.05, 3.63) is 0 Å². The number of fused-ring (bicyclic) bond motifs is 2. The van der Waals surface area contributed by atoms with Crippen LogP contribution < -0.4 is 0 Å². The van der Waals surface area contributed by atoms with Gasteiger partial charge in [-0.2, -0.15) is 0 Å². The summed E-state index contributed by atoms with van der Waals surface area (Å²) in [5, 5.41) is 0. The Labute approximate surface area is 72.5 Å². The maximum Gasteiger partial charge on any atom is 0.136 e. The number of hydrogen-bond acceptors (Lipinski definition) is 1. The van der Waals surface area contributed by atoms with Gasteiger partial charge in [-0.15, -0.1) is 0 Å². The molecular weight excluding hydrogens is 148 g/mol. The van der Waals surface area contributed by atoms with E-state index in [1.54, 1.807) is 0 Å². The first-order valence-electron chi connectivity index (χ1n) is 5.39. The van der Waals surface area contributed by atoms with E-state index in [1.165, 1.54) is 19.3 Å². The summed E-state index contributed by atoms with van der Waals surface area (Å²) in [7, 11) is 0. The Balaban J connectivity index is 1.93. The van der Waals surface area contributed by atoms with Crippen LogP contribution in [0.2, 0.25) is 0 Å². The van der Waals surface area contributed by atoms with Crippen LogP contribution in [0.1, 0.15) is 25.7 Å². The van der Waals surface area contributed by atoms with E-state index >= 15 is 0 Å². The van der Waals surface area contributed by atoms with E-state index < -0.39 is 0 Å². The summed E-state index contributed by atoms with van der Waals surface area (Å²) in [5.74, 6) is 5.75. The van der Waals surface area contributed by atoms with Crippen molar-refractivity contribution < 1.29 is 4.79 Å². The minimum Gasteiger partial charge on any atom is -0.299 e. The average Bonchev–Trinajstić information content (AvgIpc) is 2.58. The average molecular weight is 162 g/mol. The van der Waals surface area contributed by atoms with Gasteiger partial charge >= 0.3 is 0 Å². The maximum absolute atomic E-state index is 11.7. The van der Waals surface area contributed by atoms with Gasteiger partial charge in [-0.3, -0.25) is 4.79 Å². The first-order chi connectivity index (χ1) is 5.86. The normalized spacial score (nSPS) is 65.2. The van der Waals surface area contributed by atoms with E-state index in [0.29, 0.717) is 11.7 Å². The fourth-order valence-corrected chi connectivity index (χ4v) is 5.14. The van der Waals surface area contributed by atoms with Crippen molar-refractivity contribution in [3.8, 4) is 0 Å². The third kappa shape index (κ3) is 0.439. The second-order valence-electron chi connectivity index (χ2n) is 5.33. The minimum absolute atomic E-state index is 0.554. The number of Topliss-reactive ketones (excluding diaryl/α,β-unsaturated/α-hetero) is 1. The SMILES string of the molecule is O=C1CC2C3CCC4C3CC2C14. The lowest BCUT2D eigenvalue weighted by molar-refractivity contribution is -0.122. The molecule has 2 bridgehead atoms. The highest BCUT2D eigenvalue weighted by Crippen LogP contribution is 2.69. The van der Waals surface area contributed by atoms with Gasteiger partial charge in [-0.1, -0.05) is 0 Å². The lowest BCUT2D eigenvalue weighted by Gasteiger charge is -2.24. The van der Waals surface area contributed by atoms with Crippen LogP contribution in [0, 0.1) is 35.5 Å². The van der Waals surface area contributed by atoms with Crippen molar-refractivity contribution in [2.24, 2.45) is 35.5 Å². The predicted octanol–water partition coefficient (Wildman–Crippen LogP) is 1.87. The predicted molar refractivity (Wildman–Crippen MR) is 44.4 cm³/mol. The second-order valence-corrected chi connectivity index (χ2v) is 5.33. The number of carbonyl (C=O) groups excluding carboxylic acids is 1.